The lowest BCUT2D eigenvalue weighted by Crippen LogP contribution is -2.45. The second-order valence-electron chi connectivity index (χ2n) is 5.20. The Labute approximate surface area is 127 Å². The molecule has 1 atom stereocenters. The molecule has 2 N–H and O–H groups in total. The molecule has 1 saturated heterocycles. The summed E-state index contributed by atoms with van der Waals surface area (Å²) in [5, 5.41) is 6.67. The highest BCUT2D eigenvalue weighted by atomic mass is 32.2. The lowest BCUT2D eigenvalue weighted by Gasteiger charge is -2.34. The molecule has 0 spiro atoms. The normalized spacial score (nSPS) is 20.5. The van der Waals surface area contributed by atoms with Gasteiger partial charge < -0.3 is 20.1 Å². The highest BCUT2D eigenvalue weighted by Gasteiger charge is 2.31. The first-order valence-corrected chi connectivity index (χ1v) is 8.55. The lowest BCUT2D eigenvalue weighted by atomic mass is 9.99. The standard InChI is InChI=1S/C14H29N3O2S/c1-5-15-13(17-12(2)10-18-3)16-11-14(20-4)6-8-19-9-7-14/h12H,5-11H2,1-4H3,(H2,15,16,17). The van der Waals surface area contributed by atoms with Crippen LogP contribution >= 0.6 is 11.8 Å². The van der Waals surface area contributed by atoms with Crippen LogP contribution < -0.4 is 10.6 Å². The number of guanidine groups is 1. The van der Waals surface area contributed by atoms with E-state index >= 15 is 0 Å². The fourth-order valence-corrected chi connectivity index (χ4v) is 3.01. The molecule has 1 aliphatic rings. The Hall–Kier alpha value is -0.460. The fraction of sp³-hybridized carbons (Fsp3) is 0.929. The molecule has 0 radical (unpaired) electrons. The van der Waals surface area contributed by atoms with E-state index < -0.39 is 0 Å². The molecular formula is C14H29N3O2S. The SMILES string of the molecule is CCNC(=NCC1(SC)CCOCC1)NC(C)COC. The average molecular weight is 303 g/mol. The molecule has 1 unspecified atom stereocenters. The van der Waals surface area contributed by atoms with Gasteiger partial charge in [-0.25, -0.2) is 0 Å². The maximum absolute atomic E-state index is 5.47. The predicted octanol–water partition coefficient (Wildman–Crippen LogP) is 1.49. The van der Waals surface area contributed by atoms with Crippen LogP contribution in [0.15, 0.2) is 4.99 Å². The van der Waals surface area contributed by atoms with E-state index in [4.69, 9.17) is 14.5 Å². The summed E-state index contributed by atoms with van der Waals surface area (Å²) in [6.07, 6.45) is 4.32. The molecule has 0 saturated carbocycles. The maximum atomic E-state index is 5.47. The second kappa shape index (κ2) is 9.47. The van der Waals surface area contributed by atoms with E-state index in [9.17, 15) is 0 Å². The second-order valence-corrected chi connectivity index (χ2v) is 6.47. The maximum Gasteiger partial charge on any atom is 0.191 e. The lowest BCUT2D eigenvalue weighted by molar-refractivity contribution is 0.0794. The van der Waals surface area contributed by atoms with E-state index in [1.807, 2.05) is 11.8 Å². The highest BCUT2D eigenvalue weighted by molar-refractivity contribution is 8.00. The van der Waals surface area contributed by atoms with Gasteiger partial charge in [-0.2, -0.15) is 11.8 Å². The van der Waals surface area contributed by atoms with E-state index in [1.54, 1.807) is 7.11 Å². The third kappa shape index (κ3) is 5.89. The third-order valence-electron chi connectivity index (χ3n) is 3.51. The van der Waals surface area contributed by atoms with Crippen LogP contribution in [0.1, 0.15) is 26.7 Å². The van der Waals surface area contributed by atoms with Crippen molar-refractivity contribution in [2.75, 3.05) is 46.3 Å². The van der Waals surface area contributed by atoms with Crippen molar-refractivity contribution in [1.29, 1.82) is 0 Å². The molecule has 0 amide bonds. The Morgan fingerprint density at radius 3 is 2.70 bits per heavy atom. The van der Waals surface area contributed by atoms with Gasteiger partial charge >= 0.3 is 0 Å². The number of nitrogens with zero attached hydrogens (tertiary/aromatic N) is 1. The molecule has 0 aromatic heterocycles. The number of hydrogen-bond donors (Lipinski definition) is 2. The van der Waals surface area contributed by atoms with Crippen molar-refractivity contribution in [3.8, 4) is 0 Å². The Morgan fingerprint density at radius 2 is 2.15 bits per heavy atom. The van der Waals surface area contributed by atoms with Gasteiger partial charge in [0.1, 0.15) is 0 Å². The molecule has 1 fully saturated rings. The van der Waals surface area contributed by atoms with Crippen LogP contribution in [0, 0.1) is 0 Å². The van der Waals surface area contributed by atoms with E-state index in [2.05, 4.69) is 30.7 Å². The summed E-state index contributed by atoms with van der Waals surface area (Å²) in [6.45, 7) is 8.23. The Bertz CT molecular complexity index is 294. The van der Waals surface area contributed by atoms with Gasteiger partial charge in [-0.3, -0.25) is 4.99 Å². The van der Waals surface area contributed by atoms with Crippen molar-refractivity contribution in [2.45, 2.75) is 37.5 Å². The number of thioether (sulfide) groups is 1. The Kier molecular flexibility index (Phi) is 8.33. The van der Waals surface area contributed by atoms with Gasteiger partial charge in [0.05, 0.1) is 13.2 Å². The van der Waals surface area contributed by atoms with E-state index in [-0.39, 0.29) is 10.8 Å². The number of aliphatic imine (C=N–C) groups is 1. The molecule has 0 aliphatic carbocycles. The molecule has 0 aromatic rings. The fourth-order valence-electron chi connectivity index (χ4n) is 2.24. The van der Waals surface area contributed by atoms with Gasteiger partial charge in [0.15, 0.2) is 5.96 Å². The topological polar surface area (TPSA) is 54.9 Å². The minimum absolute atomic E-state index is 0.227. The van der Waals surface area contributed by atoms with E-state index in [0.717, 1.165) is 45.1 Å². The number of ether oxygens (including phenoxy) is 2. The summed E-state index contributed by atoms with van der Waals surface area (Å²) in [7, 11) is 1.72. The molecule has 1 rings (SSSR count). The summed E-state index contributed by atoms with van der Waals surface area (Å²) in [6, 6.07) is 0.248. The van der Waals surface area contributed by atoms with Crippen LogP contribution in [0.3, 0.4) is 0 Å². The molecule has 0 aromatic carbocycles. The minimum Gasteiger partial charge on any atom is -0.383 e. The van der Waals surface area contributed by atoms with Gasteiger partial charge in [0.25, 0.3) is 0 Å². The Morgan fingerprint density at radius 1 is 1.45 bits per heavy atom. The zero-order valence-electron chi connectivity index (χ0n) is 13.2. The molecule has 0 bridgehead atoms. The number of hydrogen-bond acceptors (Lipinski definition) is 4. The predicted molar refractivity (Wildman–Crippen MR) is 86.8 cm³/mol. The van der Waals surface area contributed by atoms with Gasteiger partial charge in [0.2, 0.25) is 0 Å². The molecule has 1 aliphatic heterocycles. The van der Waals surface area contributed by atoms with Crippen molar-refractivity contribution >= 4 is 17.7 Å². The summed E-state index contributed by atoms with van der Waals surface area (Å²) in [5.41, 5.74) is 0. The van der Waals surface area contributed by atoms with E-state index in [0.29, 0.717) is 6.61 Å². The minimum atomic E-state index is 0.227. The van der Waals surface area contributed by atoms with Crippen LogP contribution in [0.25, 0.3) is 0 Å². The van der Waals surface area contributed by atoms with Crippen LogP contribution in [-0.2, 0) is 9.47 Å². The van der Waals surface area contributed by atoms with Crippen LogP contribution in [-0.4, -0.2) is 63.0 Å². The van der Waals surface area contributed by atoms with Crippen molar-refractivity contribution < 1.29 is 9.47 Å². The molecular weight excluding hydrogens is 274 g/mol. The summed E-state index contributed by atoms with van der Waals surface area (Å²) in [4.78, 5) is 4.76. The van der Waals surface area contributed by atoms with Crippen molar-refractivity contribution in [1.82, 2.24) is 10.6 Å². The van der Waals surface area contributed by atoms with Crippen LogP contribution in [0.2, 0.25) is 0 Å². The highest BCUT2D eigenvalue weighted by Crippen LogP contribution is 2.33. The van der Waals surface area contributed by atoms with Crippen molar-refractivity contribution in [2.24, 2.45) is 4.99 Å². The zero-order chi connectivity index (χ0) is 14.8. The van der Waals surface area contributed by atoms with E-state index in [1.165, 1.54) is 0 Å². The third-order valence-corrected chi connectivity index (χ3v) is 4.91. The van der Waals surface area contributed by atoms with Crippen LogP contribution in [0.4, 0.5) is 0 Å². The monoisotopic (exact) mass is 303 g/mol. The molecule has 118 valence electrons. The number of nitrogens with one attached hydrogen (secondary N) is 2. The Balaban J connectivity index is 2.59. The van der Waals surface area contributed by atoms with Crippen LogP contribution in [0.5, 0.6) is 0 Å². The summed E-state index contributed by atoms with van der Waals surface area (Å²) < 4.78 is 10.8. The quantitative estimate of drug-likeness (QED) is 0.551. The molecule has 5 nitrogen and oxygen atoms in total. The average Bonchev–Trinajstić information content (AvgIpc) is 2.46. The summed E-state index contributed by atoms with van der Waals surface area (Å²) >= 11 is 1.92. The number of methoxy groups -OCH3 is 1. The first-order valence-electron chi connectivity index (χ1n) is 7.32. The van der Waals surface area contributed by atoms with Crippen molar-refractivity contribution in [3.63, 3.8) is 0 Å². The first-order chi connectivity index (χ1) is 9.65. The first kappa shape index (κ1) is 17.6. The molecule has 20 heavy (non-hydrogen) atoms. The van der Waals surface area contributed by atoms with Gasteiger partial charge in [-0.15, -0.1) is 0 Å². The van der Waals surface area contributed by atoms with Gasteiger partial charge in [0, 0.05) is 37.7 Å². The largest absolute Gasteiger partial charge is 0.383 e. The zero-order valence-corrected chi connectivity index (χ0v) is 14.0. The van der Waals surface area contributed by atoms with Gasteiger partial charge in [-0.1, -0.05) is 0 Å². The van der Waals surface area contributed by atoms with Gasteiger partial charge in [-0.05, 0) is 32.9 Å². The van der Waals surface area contributed by atoms with Crippen molar-refractivity contribution in [3.05, 3.63) is 0 Å². The molecule has 1 heterocycles. The number of rotatable bonds is 7. The summed E-state index contributed by atoms with van der Waals surface area (Å²) in [5.74, 6) is 0.872. The smallest absolute Gasteiger partial charge is 0.191 e. The molecule has 6 heteroatoms.